The van der Waals surface area contributed by atoms with E-state index in [1.165, 1.54) is 0 Å². The molecule has 0 fully saturated rings. The molecule has 100 valence electrons. The third-order valence-corrected chi connectivity index (χ3v) is 3.02. The van der Waals surface area contributed by atoms with Crippen LogP contribution in [0.15, 0.2) is 36.4 Å². The highest BCUT2D eigenvalue weighted by Gasteiger charge is 2.11. The molecule has 2 aromatic rings. The van der Waals surface area contributed by atoms with Gasteiger partial charge in [0, 0.05) is 10.0 Å². The summed E-state index contributed by atoms with van der Waals surface area (Å²) in [6.45, 7) is 2.41. The fourth-order valence-corrected chi connectivity index (χ4v) is 2.27. The molecule has 0 aliphatic rings. The normalized spacial score (nSPS) is 10.3. The first-order chi connectivity index (χ1) is 9.10. The molecule has 2 nitrogen and oxygen atoms in total. The lowest BCUT2D eigenvalue weighted by atomic mass is 10.3. The van der Waals surface area contributed by atoms with Crippen LogP contribution in [0.3, 0.4) is 0 Å². The molecule has 0 unspecified atom stereocenters. The quantitative estimate of drug-likeness (QED) is 0.705. The summed E-state index contributed by atoms with van der Waals surface area (Å²) < 4.78 is 11.2. The Morgan fingerprint density at radius 2 is 1.68 bits per heavy atom. The zero-order valence-electron chi connectivity index (χ0n) is 10.1. The summed E-state index contributed by atoms with van der Waals surface area (Å²) in [6.07, 6.45) is 0. The van der Waals surface area contributed by atoms with E-state index in [-0.39, 0.29) is 0 Å². The lowest BCUT2D eigenvalue weighted by molar-refractivity contribution is 0.321. The Morgan fingerprint density at radius 3 is 2.32 bits per heavy atom. The van der Waals surface area contributed by atoms with Gasteiger partial charge in [-0.1, -0.05) is 40.9 Å². The van der Waals surface area contributed by atoms with Crippen LogP contribution in [0.4, 0.5) is 0 Å². The summed E-state index contributed by atoms with van der Waals surface area (Å²) in [7, 11) is 0. The number of rotatable bonds is 4. The summed E-state index contributed by atoms with van der Waals surface area (Å²) >= 11 is 18.0. The molecule has 2 aromatic carbocycles. The van der Waals surface area contributed by atoms with Crippen LogP contribution in [0.2, 0.25) is 15.1 Å². The van der Waals surface area contributed by atoms with Gasteiger partial charge < -0.3 is 9.47 Å². The summed E-state index contributed by atoms with van der Waals surface area (Å²) in [5.74, 6) is 1.53. The molecule has 0 saturated carbocycles. The minimum Gasteiger partial charge on any atom is -0.490 e. The zero-order chi connectivity index (χ0) is 13.8. The highest BCUT2D eigenvalue weighted by Crippen LogP contribution is 2.39. The van der Waals surface area contributed by atoms with E-state index in [4.69, 9.17) is 44.3 Å². The summed E-state index contributed by atoms with van der Waals surface area (Å²) in [4.78, 5) is 0. The Bertz CT molecular complexity index is 565. The van der Waals surface area contributed by atoms with E-state index in [2.05, 4.69) is 0 Å². The molecule has 0 N–H and O–H groups in total. The van der Waals surface area contributed by atoms with Crippen molar-refractivity contribution >= 4 is 34.8 Å². The lowest BCUT2D eigenvalue weighted by Gasteiger charge is -2.13. The maximum absolute atomic E-state index is 6.12. The van der Waals surface area contributed by atoms with Crippen molar-refractivity contribution in [3.63, 3.8) is 0 Å². The first-order valence-corrected chi connectivity index (χ1v) is 6.79. The van der Waals surface area contributed by atoms with Crippen molar-refractivity contribution in [1.29, 1.82) is 0 Å². The first kappa shape index (κ1) is 14.3. The maximum atomic E-state index is 6.12. The Morgan fingerprint density at radius 1 is 1.00 bits per heavy atom. The second kappa shape index (κ2) is 6.38. The largest absolute Gasteiger partial charge is 0.490 e. The highest BCUT2D eigenvalue weighted by molar-refractivity contribution is 6.35. The van der Waals surface area contributed by atoms with Crippen LogP contribution in [0.1, 0.15) is 6.92 Å². The monoisotopic (exact) mass is 316 g/mol. The average molecular weight is 318 g/mol. The minimum atomic E-state index is 0.448. The summed E-state index contributed by atoms with van der Waals surface area (Å²) in [5.41, 5.74) is 0. The van der Waals surface area contributed by atoms with Gasteiger partial charge in [0.2, 0.25) is 0 Å². The molecule has 0 saturated heterocycles. The molecule has 0 bridgehead atoms. The Hall–Kier alpha value is -1.09. The zero-order valence-corrected chi connectivity index (χ0v) is 12.4. The number of hydrogen-bond donors (Lipinski definition) is 0. The van der Waals surface area contributed by atoms with E-state index in [0.717, 1.165) is 0 Å². The van der Waals surface area contributed by atoms with Crippen molar-refractivity contribution in [2.24, 2.45) is 0 Å². The van der Waals surface area contributed by atoms with E-state index in [1.807, 2.05) is 6.92 Å². The molecule has 0 radical (unpaired) electrons. The van der Waals surface area contributed by atoms with Crippen LogP contribution in [0.5, 0.6) is 17.2 Å². The van der Waals surface area contributed by atoms with Crippen LogP contribution in [0, 0.1) is 0 Å². The molecule has 5 heteroatoms. The van der Waals surface area contributed by atoms with Crippen molar-refractivity contribution in [2.75, 3.05) is 6.61 Å². The molecular weight excluding hydrogens is 307 g/mol. The lowest BCUT2D eigenvalue weighted by Crippen LogP contribution is -1.95. The van der Waals surface area contributed by atoms with Crippen molar-refractivity contribution in [2.45, 2.75) is 6.92 Å². The van der Waals surface area contributed by atoms with Gasteiger partial charge in [-0.15, -0.1) is 0 Å². The van der Waals surface area contributed by atoms with Gasteiger partial charge in [0.1, 0.15) is 5.75 Å². The van der Waals surface area contributed by atoms with E-state index >= 15 is 0 Å². The number of ether oxygens (including phenoxy) is 2. The maximum Gasteiger partial charge on any atom is 0.187 e. The fourth-order valence-electron chi connectivity index (χ4n) is 1.56. The third-order valence-electron chi connectivity index (χ3n) is 2.29. The number of benzene rings is 2. The van der Waals surface area contributed by atoms with E-state index < -0.39 is 0 Å². The SMILES string of the molecule is CCOc1cccc(Cl)c1Oc1cc(Cl)cc(Cl)c1. The second-order valence-corrected chi connectivity index (χ2v) is 4.99. The van der Waals surface area contributed by atoms with E-state index in [1.54, 1.807) is 36.4 Å². The van der Waals surface area contributed by atoms with Gasteiger partial charge in [0.05, 0.1) is 11.6 Å². The molecule has 19 heavy (non-hydrogen) atoms. The van der Waals surface area contributed by atoms with Crippen LogP contribution in [0.25, 0.3) is 0 Å². The van der Waals surface area contributed by atoms with Crippen LogP contribution >= 0.6 is 34.8 Å². The van der Waals surface area contributed by atoms with Crippen LogP contribution < -0.4 is 9.47 Å². The Balaban J connectivity index is 2.36. The minimum absolute atomic E-state index is 0.448. The van der Waals surface area contributed by atoms with Crippen molar-refractivity contribution < 1.29 is 9.47 Å². The van der Waals surface area contributed by atoms with Gasteiger partial charge in [0.15, 0.2) is 11.5 Å². The van der Waals surface area contributed by atoms with Crippen molar-refractivity contribution in [3.05, 3.63) is 51.5 Å². The topological polar surface area (TPSA) is 18.5 Å². The van der Waals surface area contributed by atoms with E-state index in [9.17, 15) is 0 Å². The van der Waals surface area contributed by atoms with Gasteiger partial charge >= 0.3 is 0 Å². The van der Waals surface area contributed by atoms with Crippen LogP contribution in [-0.2, 0) is 0 Å². The molecule has 2 rings (SSSR count). The molecule has 0 spiro atoms. The van der Waals surface area contributed by atoms with Gasteiger partial charge in [-0.3, -0.25) is 0 Å². The first-order valence-electron chi connectivity index (χ1n) is 5.65. The Kier molecular flexibility index (Phi) is 4.81. The molecular formula is C14H11Cl3O2. The van der Waals surface area contributed by atoms with Gasteiger partial charge in [-0.2, -0.15) is 0 Å². The summed E-state index contributed by atoms with van der Waals surface area (Å²) in [6, 6.07) is 10.3. The number of para-hydroxylation sites is 1. The summed E-state index contributed by atoms with van der Waals surface area (Å²) in [5, 5.41) is 1.45. The van der Waals surface area contributed by atoms with Gasteiger partial charge in [-0.05, 0) is 37.3 Å². The fraction of sp³-hybridized carbons (Fsp3) is 0.143. The van der Waals surface area contributed by atoms with E-state index in [0.29, 0.717) is 38.9 Å². The predicted molar refractivity (Wildman–Crippen MR) is 79.2 cm³/mol. The molecule has 0 aliphatic heterocycles. The second-order valence-electron chi connectivity index (χ2n) is 3.71. The van der Waals surface area contributed by atoms with Gasteiger partial charge in [-0.25, -0.2) is 0 Å². The molecule has 0 aromatic heterocycles. The number of hydrogen-bond acceptors (Lipinski definition) is 2. The highest BCUT2D eigenvalue weighted by atomic mass is 35.5. The van der Waals surface area contributed by atoms with Crippen molar-refractivity contribution in [1.82, 2.24) is 0 Å². The molecule has 0 atom stereocenters. The molecule has 0 amide bonds. The van der Waals surface area contributed by atoms with Gasteiger partial charge in [0.25, 0.3) is 0 Å². The van der Waals surface area contributed by atoms with Crippen LogP contribution in [-0.4, -0.2) is 6.61 Å². The van der Waals surface area contributed by atoms with Crippen molar-refractivity contribution in [3.8, 4) is 17.2 Å². The Labute approximate surface area is 126 Å². The smallest absolute Gasteiger partial charge is 0.187 e. The third kappa shape index (κ3) is 3.69. The molecule has 0 heterocycles. The standard InChI is InChI=1S/C14H11Cl3O2/c1-2-18-13-5-3-4-12(17)14(13)19-11-7-9(15)6-10(16)8-11/h3-8H,2H2,1H3. The predicted octanol–water partition coefficient (Wildman–Crippen LogP) is 5.84. The number of halogens is 3. The average Bonchev–Trinajstić information content (AvgIpc) is 2.32. The molecule has 0 aliphatic carbocycles.